The van der Waals surface area contributed by atoms with E-state index in [0.29, 0.717) is 49.1 Å². The number of carboxylic acids is 1. The largest absolute Gasteiger partial charge is 0.478 e. The van der Waals surface area contributed by atoms with Crippen molar-refractivity contribution in [3.05, 3.63) is 71.1 Å². The first-order chi connectivity index (χ1) is 17.1. The molecule has 1 N–H and O–H groups in total. The Hall–Kier alpha value is -3.56. The van der Waals surface area contributed by atoms with E-state index in [-0.39, 0.29) is 5.41 Å². The monoisotopic (exact) mass is 519 g/mol. The molecule has 0 radical (unpaired) electrons. The highest BCUT2D eigenvalue weighted by Gasteiger charge is 2.31. The molecule has 2 aromatic carbocycles. The van der Waals surface area contributed by atoms with Crippen LogP contribution in [0.3, 0.4) is 0 Å². The van der Waals surface area contributed by atoms with Gasteiger partial charge in [-0.3, -0.25) is 0 Å². The smallest absolute Gasteiger partial charge is 0.416 e. The third-order valence-corrected chi connectivity index (χ3v) is 5.67. The molecular formula is C27H32F3N3O4. The van der Waals surface area contributed by atoms with Crippen LogP contribution in [0.5, 0.6) is 5.75 Å². The highest BCUT2D eigenvalue weighted by molar-refractivity contribution is 5.76. The van der Waals surface area contributed by atoms with E-state index in [9.17, 15) is 23.1 Å². The minimum atomic E-state index is -4.40. The number of rotatable bonds is 10. The number of carbonyl (C=O) groups is 1. The van der Waals surface area contributed by atoms with Crippen molar-refractivity contribution < 1.29 is 32.3 Å². The normalized spacial score (nSPS) is 12.4. The quantitative estimate of drug-likeness (QED) is 0.338. The molecule has 200 valence electrons. The topological polar surface area (TPSA) is 88.7 Å². The maximum Gasteiger partial charge on any atom is 0.416 e. The first-order valence-corrected chi connectivity index (χ1v) is 11.9. The standard InChI is InChI=1S/C27H32F3N3O4/c1-25(2,3)22-31-24(32-37-22)33(17-19-11-13-20(14-12-19)27(28,29)30)15-7-9-18-8-6-10-21(16-18)36-26(4,5)23(34)35/h6,8,10-14,16H,7,9,15,17H2,1-5H3,(H,34,35). The molecule has 0 unspecified atom stereocenters. The first kappa shape index (κ1) is 28.0. The van der Waals surface area contributed by atoms with Gasteiger partial charge in [-0.1, -0.05) is 45.0 Å². The summed E-state index contributed by atoms with van der Waals surface area (Å²) in [5.41, 5.74) is -0.778. The van der Waals surface area contributed by atoms with Gasteiger partial charge in [0, 0.05) is 18.5 Å². The fraction of sp³-hybridized carbons (Fsp3) is 0.444. The molecule has 0 atom stereocenters. The summed E-state index contributed by atoms with van der Waals surface area (Å²) in [5.74, 6) is 0.224. The number of halogens is 3. The third kappa shape index (κ3) is 7.71. The first-order valence-electron chi connectivity index (χ1n) is 11.9. The van der Waals surface area contributed by atoms with E-state index in [4.69, 9.17) is 9.26 Å². The minimum Gasteiger partial charge on any atom is -0.478 e. The van der Waals surface area contributed by atoms with Crippen LogP contribution in [0.2, 0.25) is 0 Å². The van der Waals surface area contributed by atoms with E-state index < -0.39 is 23.3 Å². The average molecular weight is 520 g/mol. The van der Waals surface area contributed by atoms with Gasteiger partial charge in [-0.15, -0.1) is 0 Å². The predicted octanol–water partition coefficient (Wildman–Crippen LogP) is 6.27. The second kappa shape index (κ2) is 10.8. The molecule has 7 nitrogen and oxygen atoms in total. The SMILES string of the molecule is CC(C)(Oc1cccc(CCCN(Cc2ccc(C(F)(F)F)cc2)c2noc(C(C)(C)C)n2)c1)C(=O)O. The predicted molar refractivity (Wildman–Crippen MR) is 133 cm³/mol. The molecule has 1 aromatic heterocycles. The molecule has 37 heavy (non-hydrogen) atoms. The Morgan fingerprint density at radius 1 is 1.03 bits per heavy atom. The Balaban J connectivity index is 1.74. The molecule has 1 heterocycles. The Labute approximate surface area is 214 Å². The molecule has 0 spiro atoms. The van der Waals surface area contributed by atoms with Crippen LogP contribution in [0.4, 0.5) is 19.1 Å². The van der Waals surface area contributed by atoms with Crippen molar-refractivity contribution in [2.24, 2.45) is 0 Å². The number of aromatic nitrogens is 2. The van der Waals surface area contributed by atoms with Gasteiger partial charge in [-0.25, -0.2) is 4.79 Å². The number of aliphatic carboxylic acids is 1. The number of ether oxygens (including phenoxy) is 1. The minimum absolute atomic E-state index is 0.303. The fourth-order valence-electron chi connectivity index (χ4n) is 3.49. The van der Waals surface area contributed by atoms with Crippen LogP contribution < -0.4 is 9.64 Å². The second-order valence-electron chi connectivity index (χ2n) is 10.4. The van der Waals surface area contributed by atoms with E-state index in [0.717, 1.165) is 17.7 Å². The van der Waals surface area contributed by atoms with E-state index in [1.807, 2.05) is 31.7 Å². The van der Waals surface area contributed by atoms with Gasteiger partial charge in [0.1, 0.15) is 5.75 Å². The zero-order valence-electron chi connectivity index (χ0n) is 21.6. The van der Waals surface area contributed by atoms with Crippen molar-refractivity contribution in [1.29, 1.82) is 0 Å². The lowest BCUT2D eigenvalue weighted by molar-refractivity contribution is -0.152. The third-order valence-electron chi connectivity index (χ3n) is 5.67. The number of nitrogens with zero attached hydrogens (tertiary/aromatic N) is 3. The molecular weight excluding hydrogens is 487 g/mol. The lowest BCUT2D eigenvalue weighted by atomic mass is 9.97. The van der Waals surface area contributed by atoms with E-state index >= 15 is 0 Å². The molecule has 3 rings (SSSR count). The van der Waals surface area contributed by atoms with Gasteiger partial charge in [0.15, 0.2) is 5.60 Å². The summed E-state index contributed by atoms with van der Waals surface area (Å²) >= 11 is 0. The van der Waals surface area contributed by atoms with Crippen LogP contribution in [-0.2, 0) is 29.4 Å². The van der Waals surface area contributed by atoms with Crippen molar-refractivity contribution in [2.75, 3.05) is 11.4 Å². The highest BCUT2D eigenvalue weighted by atomic mass is 19.4. The summed E-state index contributed by atoms with van der Waals surface area (Å²) in [7, 11) is 0. The number of hydrogen-bond acceptors (Lipinski definition) is 6. The van der Waals surface area contributed by atoms with Gasteiger partial charge < -0.3 is 19.3 Å². The van der Waals surface area contributed by atoms with Gasteiger partial charge in [-0.2, -0.15) is 18.2 Å². The molecule has 0 amide bonds. The van der Waals surface area contributed by atoms with E-state index in [2.05, 4.69) is 10.1 Å². The summed E-state index contributed by atoms with van der Waals surface area (Å²) in [6, 6.07) is 12.3. The molecule has 0 aliphatic rings. The summed E-state index contributed by atoms with van der Waals surface area (Å²) in [5, 5.41) is 13.4. The summed E-state index contributed by atoms with van der Waals surface area (Å²) < 4.78 is 50.0. The average Bonchev–Trinajstić information content (AvgIpc) is 3.29. The number of aryl methyl sites for hydroxylation is 1. The summed E-state index contributed by atoms with van der Waals surface area (Å²) in [4.78, 5) is 17.8. The van der Waals surface area contributed by atoms with Gasteiger partial charge in [0.25, 0.3) is 5.95 Å². The summed E-state index contributed by atoms with van der Waals surface area (Å²) in [6.45, 7) is 9.63. The van der Waals surface area contributed by atoms with Gasteiger partial charge >= 0.3 is 12.1 Å². The maximum absolute atomic E-state index is 13.0. The molecule has 0 bridgehead atoms. The Kier molecular flexibility index (Phi) is 8.19. The number of anilines is 1. The Bertz CT molecular complexity index is 1200. The van der Waals surface area contributed by atoms with Crippen LogP contribution in [0, 0.1) is 0 Å². The van der Waals surface area contributed by atoms with Crippen molar-refractivity contribution in [1.82, 2.24) is 10.1 Å². The Morgan fingerprint density at radius 2 is 1.70 bits per heavy atom. The maximum atomic E-state index is 13.0. The molecule has 0 saturated carbocycles. The number of carboxylic acid groups (broad SMARTS) is 1. The second-order valence-corrected chi connectivity index (χ2v) is 10.4. The number of hydrogen-bond donors (Lipinski definition) is 1. The van der Waals surface area contributed by atoms with Gasteiger partial charge in [-0.05, 0) is 67.2 Å². The molecule has 0 fully saturated rings. The lowest BCUT2D eigenvalue weighted by Crippen LogP contribution is -2.37. The van der Waals surface area contributed by atoms with E-state index in [1.54, 1.807) is 18.2 Å². The summed E-state index contributed by atoms with van der Waals surface area (Å²) in [6.07, 6.45) is -3.07. The molecule has 10 heteroatoms. The lowest BCUT2D eigenvalue weighted by Gasteiger charge is -2.22. The van der Waals surface area contributed by atoms with Crippen LogP contribution >= 0.6 is 0 Å². The van der Waals surface area contributed by atoms with E-state index in [1.165, 1.54) is 26.0 Å². The highest BCUT2D eigenvalue weighted by Crippen LogP contribution is 2.30. The zero-order chi connectivity index (χ0) is 27.4. The molecule has 0 aliphatic heterocycles. The molecule has 3 aromatic rings. The van der Waals surface area contributed by atoms with Crippen molar-refractivity contribution in [2.45, 2.75) is 71.2 Å². The van der Waals surface area contributed by atoms with Crippen LogP contribution in [-0.4, -0.2) is 33.4 Å². The van der Waals surface area contributed by atoms with Crippen LogP contribution in [0.25, 0.3) is 0 Å². The fourth-order valence-corrected chi connectivity index (χ4v) is 3.49. The molecule has 0 saturated heterocycles. The number of alkyl halides is 3. The van der Waals surface area contributed by atoms with Gasteiger partial charge in [0.05, 0.1) is 5.56 Å². The zero-order valence-corrected chi connectivity index (χ0v) is 21.6. The van der Waals surface area contributed by atoms with Crippen molar-refractivity contribution >= 4 is 11.9 Å². The molecule has 0 aliphatic carbocycles. The van der Waals surface area contributed by atoms with Crippen molar-refractivity contribution in [3.8, 4) is 5.75 Å². The van der Waals surface area contributed by atoms with Crippen LogP contribution in [0.1, 0.15) is 63.6 Å². The number of benzene rings is 2. The van der Waals surface area contributed by atoms with Gasteiger partial charge in [0.2, 0.25) is 5.89 Å². The van der Waals surface area contributed by atoms with Crippen LogP contribution in [0.15, 0.2) is 53.1 Å². The Morgan fingerprint density at radius 3 is 2.27 bits per heavy atom. The van der Waals surface area contributed by atoms with Crippen molar-refractivity contribution in [3.63, 3.8) is 0 Å².